The number of carboxylic acid groups (broad SMARTS) is 1. The minimum Gasteiger partial charge on any atom is -0.481 e. The maximum atomic E-state index is 12.4. The maximum Gasteiger partial charge on any atom is 0.326 e. The van der Waals surface area contributed by atoms with E-state index in [1.807, 2.05) is 0 Å². The number of carboxylic acids is 1. The first-order chi connectivity index (χ1) is 12.4. The van der Waals surface area contributed by atoms with E-state index in [1.54, 1.807) is 0 Å². The highest BCUT2D eigenvalue weighted by atomic mass is 16.4. The summed E-state index contributed by atoms with van der Waals surface area (Å²) in [6, 6.07) is -0.939. The van der Waals surface area contributed by atoms with Gasteiger partial charge >= 0.3 is 12.0 Å². The molecule has 0 aromatic rings. The highest BCUT2D eigenvalue weighted by Crippen LogP contribution is 2.32. The maximum absolute atomic E-state index is 12.4. The minimum atomic E-state index is -1.13. The third-order valence-corrected chi connectivity index (χ3v) is 5.17. The fourth-order valence-corrected chi connectivity index (χ4v) is 3.70. The van der Waals surface area contributed by atoms with Gasteiger partial charge < -0.3 is 5.11 Å². The van der Waals surface area contributed by atoms with Crippen LogP contribution in [0.2, 0.25) is 0 Å². The number of ketones is 1. The van der Waals surface area contributed by atoms with E-state index < -0.39 is 29.6 Å². The van der Waals surface area contributed by atoms with E-state index in [9.17, 15) is 19.2 Å². The van der Waals surface area contributed by atoms with Crippen molar-refractivity contribution in [3.63, 3.8) is 0 Å². The van der Waals surface area contributed by atoms with Gasteiger partial charge in [-0.25, -0.2) is 4.79 Å². The van der Waals surface area contributed by atoms with Gasteiger partial charge in [0.2, 0.25) is 0 Å². The first-order valence-corrected chi connectivity index (χ1v) is 9.56. The molecule has 0 saturated carbocycles. The summed E-state index contributed by atoms with van der Waals surface area (Å²) in [4.78, 5) is 48.9. The van der Waals surface area contributed by atoms with Crippen LogP contribution in [-0.4, -0.2) is 51.9 Å². The lowest BCUT2D eigenvalue weighted by molar-refractivity contribution is -0.137. The van der Waals surface area contributed by atoms with Gasteiger partial charge in [-0.05, 0) is 25.7 Å². The Balaban J connectivity index is 1.90. The van der Waals surface area contributed by atoms with Crippen LogP contribution in [0.15, 0.2) is 0 Å². The molecule has 3 amide bonds. The van der Waals surface area contributed by atoms with Crippen LogP contribution in [0.4, 0.5) is 4.79 Å². The van der Waals surface area contributed by atoms with Crippen LogP contribution in [0.3, 0.4) is 0 Å². The van der Waals surface area contributed by atoms with Crippen molar-refractivity contribution in [1.29, 1.82) is 0 Å². The lowest BCUT2D eigenvalue weighted by Crippen LogP contribution is -2.55. The summed E-state index contributed by atoms with van der Waals surface area (Å²) in [6.45, 7) is 2.30. The largest absolute Gasteiger partial charge is 0.481 e. The van der Waals surface area contributed by atoms with Gasteiger partial charge in [0.05, 0.1) is 6.04 Å². The zero-order valence-electron chi connectivity index (χ0n) is 15.4. The van der Waals surface area contributed by atoms with E-state index in [0.29, 0.717) is 25.7 Å². The number of rotatable bonds is 12. The SMILES string of the molecule is CCCCCC(=O)C1CN2C(=O)NC(=O)C2(CCCCCCC(=O)O)N1. The van der Waals surface area contributed by atoms with Crippen LogP contribution in [0.25, 0.3) is 0 Å². The number of unbranched alkanes of at least 4 members (excludes halogenated alkanes) is 5. The van der Waals surface area contributed by atoms with E-state index in [1.165, 1.54) is 4.90 Å². The van der Waals surface area contributed by atoms with Crippen molar-refractivity contribution in [2.45, 2.75) is 82.8 Å². The number of hydrogen-bond donors (Lipinski definition) is 3. The number of imide groups is 1. The molecule has 2 atom stereocenters. The second-order valence-electron chi connectivity index (χ2n) is 7.16. The Morgan fingerprint density at radius 1 is 1.12 bits per heavy atom. The van der Waals surface area contributed by atoms with Crippen LogP contribution in [0.5, 0.6) is 0 Å². The Morgan fingerprint density at radius 2 is 1.81 bits per heavy atom. The number of carbonyl (C=O) groups excluding carboxylic acids is 3. The van der Waals surface area contributed by atoms with E-state index >= 15 is 0 Å². The molecule has 26 heavy (non-hydrogen) atoms. The predicted molar refractivity (Wildman–Crippen MR) is 94.4 cm³/mol. The molecular weight excluding hydrogens is 338 g/mol. The van der Waals surface area contributed by atoms with Gasteiger partial charge in [0, 0.05) is 19.4 Å². The van der Waals surface area contributed by atoms with Crippen molar-refractivity contribution in [2.24, 2.45) is 0 Å². The summed E-state index contributed by atoms with van der Waals surface area (Å²) < 4.78 is 0. The molecule has 2 unspecified atom stereocenters. The molecule has 2 aliphatic rings. The number of hydrogen-bond acceptors (Lipinski definition) is 5. The Labute approximate surface area is 153 Å². The van der Waals surface area contributed by atoms with Crippen molar-refractivity contribution >= 4 is 23.7 Å². The number of aliphatic carboxylic acids is 1. The number of fused-ring (bicyclic) bond motifs is 1. The topological polar surface area (TPSA) is 116 Å². The van der Waals surface area contributed by atoms with Gasteiger partial charge in [0.15, 0.2) is 11.4 Å². The van der Waals surface area contributed by atoms with Gasteiger partial charge in [0.1, 0.15) is 0 Å². The highest BCUT2D eigenvalue weighted by molar-refractivity contribution is 6.08. The molecule has 0 aromatic carbocycles. The normalized spacial score (nSPS) is 24.7. The standard InChI is InChI=1S/C18H29N3O5/c1-2-3-6-9-14(22)13-12-21-17(26)19-16(25)18(21,20-13)11-8-5-4-7-10-15(23)24/h13,20H,2-12H2,1H3,(H,23,24)(H,19,25,26). The molecule has 8 heteroatoms. The van der Waals surface area contributed by atoms with Gasteiger partial charge in [-0.2, -0.15) is 0 Å². The number of nitrogens with zero attached hydrogens (tertiary/aromatic N) is 1. The summed E-state index contributed by atoms with van der Waals surface area (Å²) in [5, 5.41) is 14.1. The zero-order valence-corrected chi connectivity index (χ0v) is 15.4. The quantitative estimate of drug-likeness (QED) is 0.358. The number of Topliss-reactive ketones (excluding diaryl/α,β-unsaturated/α-hetero) is 1. The van der Waals surface area contributed by atoms with E-state index in [4.69, 9.17) is 5.11 Å². The van der Waals surface area contributed by atoms with Gasteiger partial charge in [-0.15, -0.1) is 0 Å². The van der Waals surface area contributed by atoms with E-state index in [0.717, 1.165) is 32.1 Å². The summed E-state index contributed by atoms with van der Waals surface area (Å²) in [7, 11) is 0. The average molecular weight is 367 g/mol. The molecule has 0 bridgehead atoms. The summed E-state index contributed by atoms with van der Waals surface area (Å²) in [6.07, 6.45) is 6.69. The smallest absolute Gasteiger partial charge is 0.326 e. The molecule has 2 rings (SSSR count). The molecule has 8 nitrogen and oxygen atoms in total. The third kappa shape index (κ3) is 4.60. The summed E-state index contributed by atoms with van der Waals surface area (Å²) >= 11 is 0. The fraction of sp³-hybridized carbons (Fsp3) is 0.778. The van der Waals surface area contributed by atoms with Gasteiger partial charge in [-0.1, -0.05) is 32.6 Å². The molecule has 0 spiro atoms. The monoisotopic (exact) mass is 367 g/mol. The third-order valence-electron chi connectivity index (χ3n) is 5.17. The molecular formula is C18H29N3O5. The van der Waals surface area contributed by atoms with Crippen molar-refractivity contribution in [3.8, 4) is 0 Å². The van der Waals surface area contributed by atoms with Crippen molar-refractivity contribution in [1.82, 2.24) is 15.5 Å². The Morgan fingerprint density at radius 3 is 2.50 bits per heavy atom. The molecule has 0 radical (unpaired) electrons. The van der Waals surface area contributed by atoms with Gasteiger partial charge in [0.25, 0.3) is 5.91 Å². The molecule has 2 saturated heterocycles. The van der Waals surface area contributed by atoms with Crippen molar-refractivity contribution in [3.05, 3.63) is 0 Å². The van der Waals surface area contributed by atoms with Crippen LogP contribution < -0.4 is 10.6 Å². The zero-order chi connectivity index (χ0) is 19.2. The van der Waals surface area contributed by atoms with Crippen LogP contribution >= 0.6 is 0 Å². The molecule has 0 aromatic heterocycles. The number of amides is 3. The average Bonchev–Trinajstić information content (AvgIpc) is 3.08. The Kier molecular flexibility index (Phi) is 7.14. The molecule has 146 valence electrons. The number of nitrogens with one attached hydrogen (secondary N) is 2. The molecule has 2 aliphatic heterocycles. The summed E-state index contributed by atoms with van der Waals surface area (Å²) in [5.74, 6) is -1.15. The second-order valence-corrected chi connectivity index (χ2v) is 7.16. The number of carbonyl (C=O) groups is 4. The van der Waals surface area contributed by atoms with Crippen LogP contribution in [0, 0.1) is 0 Å². The molecule has 0 aliphatic carbocycles. The summed E-state index contributed by atoms with van der Waals surface area (Å²) in [5.41, 5.74) is -1.13. The highest BCUT2D eigenvalue weighted by Gasteiger charge is 2.58. The van der Waals surface area contributed by atoms with E-state index in [2.05, 4.69) is 17.6 Å². The Hall–Kier alpha value is -1.96. The molecule has 2 heterocycles. The Bertz CT molecular complexity index is 565. The fourth-order valence-electron chi connectivity index (χ4n) is 3.70. The van der Waals surface area contributed by atoms with Crippen LogP contribution in [-0.2, 0) is 14.4 Å². The molecule has 2 fully saturated rings. The van der Waals surface area contributed by atoms with Crippen molar-refractivity contribution < 1.29 is 24.3 Å². The lowest BCUT2D eigenvalue weighted by Gasteiger charge is -2.28. The van der Waals surface area contributed by atoms with E-state index in [-0.39, 0.29) is 18.7 Å². The van der Waals surface area contributed by atoms with Gasteiger partial charge in [-0.3, -0.25) is 29.9 Å². The first-order valence-electron chi connectivity index (χ1n) is 9.56. The van der Waals surface area contributed by atoms with Crippen molar-refractivity contribution in [2.75, 3.05) is 6.54 Å². The number of urea groups is 1. The molecule has 3 N–H and O–H groups in total. The second kappa shape index (κ2) is 9.12. The lowest BCUT2D eigenvalue weighted by atomic mass is 10.00. The van der Waals surface area contributed by atoms with Crippen LogP contribution in [0.1, 0.15) is 71.1 Å². The first kappa shape index (κ1) is 20.4. The predicted octanol–water partition coefficient (Wildman–Crippen LogP) is 1.78. The minimum absolute atomic E-state index is 0.0503.